The zero-order valence-electron chi connectivity index (χ0n) is 8.03. The van der Waals surface area contributed by atoms with E-state index in [9.17, 15) is 4.79 Å². The van der Waals surface area contributed by atoms with E-state index in [0.717, 1.165) is 26.1 Å². The van der Waals surface area contributed by atoms with Crippen LogP contribution in [0.15, 0.2) is 0 Å². The summed E-state index contributed by atoms with van der Waals surface area (Å²) >= 11 is 0. The van der Waals surface area contributed by atoms with Gasteiger partial charge in [-0.3, -0.25) is 4.79 Å². The summed E-state index contributed by atoms with van der Waals surface area (Å²) in [6, 6.07) is 0. The Hall–Kier alpha value is -0.610. The van der Waals surface area contributed by atoms with E-state index in [4.69, 9.17) is 9.84 Å². The maximum Gasteiger partial charge on any atom is 0.304 e. The Balaban J connectivity index is 2.26. The minimum Gasteiger partial charge on any atom is -0.481 e. The highest BCUT2D eigenvalue weighted by Crippen LogP contribution is 2.05. The third kappa shape index (κ3) is 4.24. The van der Waals surface area contributed by atoms with Crippen molar-refractivity contribution in [3.8, 4) is 0 Å². The summed E-state index contributed by atoms with van der Waals surface area (Å²) in [4.78, 5) is 12.5. The maximum atomic E-state index is 10.4. The molecule has 13 heavy (non-hydrogen) atoms. The van der Waals surface area contributed by atoms with Crippen LogP contribution in [0.1, 0.15) is 19.8 Å². The SMILES string of the molecule is CC1CN(CCC(=O)O)CCCO1. The molecular weight excluding hydrogens is 170 g/mol. The molecule has 4 heteroatoms. The third-order valence-electron chi connectivity index (χ3n) is 2.18. The molecule has 0 spiro atoms. The first-order valence-electron chi connectivity index (χ1n) is 4.74. The topological polar surface area (TPSA) is 49.8 Å². The Morgan fingerprint density at radius 3 is 3.15 bits per heavy atom. The third-order valence-corrected chi connectivity index (χ3v) is 2.18. The van der Waals surface area contributed by atoms with E-state index >= 15 is 0 Å². The van der Waals surface area contributed by atoms with Crippen molar-refractivity contribution in [2.75, 3.05) is 26.2 Å². The highest BCUT2D eigenvalue weighted by molar-refractivity contribution is 5.66. The maximum absolute atomic E-state index is 10.4. The fourth-order valence-electron chi connectivity index (χ4n) is 1.54. The van der Waals surface area contributed by atoms with Gasteiger partial charge in [0.15, 0.2) is 0 Å². The molecule has 1 aliphatic heterocycles. The van der Waals surface area contributed by atoms with Crippen LogP contribution in [-0.2, 0) is 9.53 Å². The van der Waals surface area contributed by atoms with Crippen molar-refractivity contribution in [1.82, 2.24) is 4.90 Å². The predicted molar refractivity (Wildman–Crippen MR) is 48.7 cm³/mol. The number of hydrogen-bond donors (Lipinski definition) is 1. The summed E-state index contributed by atoms with van der Waals surface area (Å²) in [7, 11) is 0. The summed E-state index contributed by atoms with van der Waals surface area (Å²) in [5, 5.41) is 8.52. The van der Waals surface area contributed by atoms with Crippen LogP contribution in [-0.4, -0.2) is 48.3 Å². The summed E-state index contributed by atoms with van der Waals surface area (Å²) in [5.74, 6) is -0.724. The monoisotopic (exact) mass is 187 g/mol. The first kappa shape index (κ1) is 10.5. The van der Waals surface area contributed by atoms with Crippen LogP contribution in [0.5, 0.6) is 0 Å². The van der Waals surface area contributed by atoms with Crippen molar-refractivity contribution in [3.63, 3.8) is 0 Å². The second kappa shape index (κ2) is 5.19. The van der Waals surface area contributed by atoms with Gasteiger partial charge in [-0.1, -0.05) is 0 Å². The first-order chi connectivity index (χ1) is 6.18. The van der Waals surface area contributed by atoms with E-state index < -0.39 is 5.97 Å². The molecule has 1 rings (SSSR count). The quantitative estimate of drug-likeness (QED) is 0.702. The van der Waals surface area contributed by atoms with Crippen LogP contribution in [0.4, 0.5) is 0 Å². The van der Waals surface area contributed by atoms with E-state index in [1.54, 1.807) is 0 Å². The molecule has 1 N–H and O–H groups in total. The second-order valence-electron chi connectivity index (χ2n) is 3.48. The van der Waals surface area contributed by atoms with E-state index in [1.807, 2.05) is 6.92 Å². The van der Waals surface area contributed by atoms with Gasteiger partial charge in [-0.15, -0.1) is 0 Å². The molecule has 76 valence electrons. The van der Waals surface area contributed by atoms with Gasteiger partial charge in [-0.2, -0.15) is 0 Å². The number of rotatable bonds is 3. The number of nitrogens with zero attached hydrogens (tertiary/aromatic N) is 1. The number of carbonyl (C=O) groups is 1. The standard InChI is InChI=1S/C9H17NO3/c1-8-7-10(4-2-6-13-8)5-3-9(11)12/h8H,2-7H2,1H3,(H,11,12). The summed E-state index contributed by atoms with van der Waals surface area (Å²) in [6.45, 7) is 5.28. The van der Waals surface area contributed by atoms with Gasteiger partial charge in [0.05, 0.1) is 12.5 Å². The highest BCUT2D eigenvalue weighted by atomic mass is 16.5. The van der Waals surface area contributed by atoms with Crippen LogP contribution in [0.2, 0.25) is 0 Å². The van der Waals surface area contributed by atoms with E-state index in [1.165, 1.54) is 0 Å². The van der Waals surface area contributed by atoms with Crippen LogP contribution in [0.25, 0.3) is 0 Å². The van der Waals surface area contributed by atoms with Crippen molar-refractivity contribution in [2.45, 2.75) is 25.9 Å². The molecule has 0 amide bonds. The molecule has 0 aliphatic carbocycles. The Morgan fingerprint density at radius 1 is 1.69 bits per heavy atom. The van der Waals surface area contributed by atoms with Crippen LogP contribution in [0, 0.1) is 0 Å². The normalized spacial score (nSPS) is 25.5. The van der Waals surface area contributed by atoms with Gasteiger partial charge in [0, 0.05) is 26.2 Å². The molecule has 4 nitrogen and oxygen atoms in total. The zero-order chi connectivity index (χ0) is 9.68. The lowest BCUT2D eigenvalue weighted by Crippen LogP contribution is -2.32. The minimum absolute atomic E-state index is 0.229. The Morgan fingerprint density at radius 2 is 2.46 bits per heavy atom. The average Bonchev–Trinajstić information content (AvgIpc) is 2.26. The fraction of sp³-hybridized carbons (Fsp3) is 0.889. The van der Waals surface area contributed by atoms with Crippen molar-refractivity contribution < 1.29 is 14.6 Å². The Kier molecular flexibility index (Phi) is 4.18. The van der Waals surface area contributed by atoms with Crippen molar-refractivity contribution in [2.24, 2.45) is 0 Å². The second-order valence-corrected chi connectivity index (χ2v) is 3.48. The van der Waals surface area contributed by atoms with Gasteiger partial charge < -0.3 is 14.7 Å². The molecule has 1 atom stereocenters. The van der Waals surface area contributed by atoms with E-state index in [0.29, 0.717) is 6.54 Å². The lowest BCUT2D eigenvalue weighted by molar-refractivity contribution is -0.137. The molecule has 1 fully saturated rings. The molecule has 0 aromatic carbocycles. The summed E-state index contributed by atoms with van der Waals surface area (Å²) in [6.07, 6.45) is 1.47. The average molecular weight is 187 g/mol. The zero-order valence-corrected chi connectivity index (χ0v) is 8.03. The lowest BCUT2D eigenvalue weighted by atomic mass is 10.3. The van der Waals surface area contributed by atoms with Gasteiger partial charge in [-0.05, 0) is 13.3 Å². The number of hydrogen-bond acceptors (Lipinski definition) is 3. The summed E-state index contributed by atoms with van der Waals surface area (Å²) < 4.78 is 5.45. The summed E-state index contributed by atoms with van der Waals surface area (Å²) in [5.41, 5.74) is 0. The van der Waals surface area contributed by atoms with E-state index in [-0.39, 0.29) is 12.5 Å². The highest BCUT2D eigenvalue weighted by Gasteiger charge is 2.15. The molecule has 0 radical (unpaired) electrons. The Labute approximate surface area is 78.5 Å². The molecule has 0 aromatic rings. The fourth-order valence-corrected chi connectivity index (χ4v) is 1.54. The first-order valence-corrected chi connectivity index (χ1v) is 4.74. The van der Waals surface area contributed by atoms with Crippen molar-refractivity contribution in [1.29, 1.82) is 0 Å². The van der Waals surface area contributed by atoms with Gasteiger partial charge in [-0.25, -0.2) is 0 Å². The number of ether oxygens (including phenoxy) is 1. The molecule has 0 aromatic heterocycles. The number of aliphatic carboxylic acids is 1. The van der Waals surface area contributed by atoms with Gasteiger partial charge in [0.1, 0.15) is 0 Å². The van der Waals surface area contributed by atoms with E-state index in [2.05, 4.69) is 4.90 Å². The minimum atomic E-state index is -0.724. The number of carboxylic acids is 1. The predicted octanol–water partition coefficient (Wildman–Crippen LogP) is 0.572. The van der Waals surface area contributed by atoms with Gasteiger partial charge in [0.25, 0.3) is 0 Å². The van der Waals surface area contributed by atoms with Crippen LogP contribution in [0.3, 0.4) is 0 Å². The van der Waals surface area contributed by atoms with Crippen molar-refractivity contribution >= 4 is 5.97 Å². The van der Waals surface area contributed by atoms with Crippen LogP contribution >= 0.6 is 0 Å². The Bertz CT molecular complexity index is 172. The molecule has 0 bridgehead atoms. The molecule has 1 saturated heterocycles. The molecular formula is C9H17NO3. The smallest absolute Gasteiger partial charge is 0.304 e. The lowest BCUT2D eigenvalue weighted by Gasteiger charge is -2.20. The molecule has 1 aliphatic rings. The largest absolute Gasteiger partial charge is 0.481 e. The molecule has 1 heterocycles. The molecule has 0 saturated carbocycles. The van der Waals surface area contributed by atoms with Crippen LogP contribution < -0.4 is 0 Å². The number of carboxylic acid groups (broad SMARTS) is 1. The molecule has 1 unspecified atom stereocenters. The van der Waals surface area contributed by atoms with Gasteiger partial charge in [0.2, 0.25) is 0 Å². The van der Waals surface area contributed by atoms with Gasteiger partial charge >= 0.3 is 5.97 Å². The van der Waals surface area contributed by atoms with Crippen molar-refractivity contribution in [3.05, 3.63) is 0 Å².